The Morgan fingerprint density at radius 3 is 0.722 bits per heavy atom. The zero-order chi connectivity index (χ0) is 42.4. The van der Waals surface area contributed by atoms with E-state index in [4.69, 9.17) is 13.3 Å². The molecule has 9 nitrogen and oxygen atoms in total. The second-order valence-corrected chi connectivity index (χ2v) is 9.12. The van der Waals surface area contributed by atoms with Gasteiger partial charge < -0.3 is 13.3 Å². The van der Waals surface area contributed by atoms with E-state index in [1.807, 2.05) is 101 Å². The third-order valence-corrected chi connectivity index (χ3v) is 6.06. The average molecular weight is 745 g/mol. The highest BCUT2D eigenvalue weighted by atomic mass is 16.4. The van der Waals surface area contributed by atoms with Gasteiger partial charge in [0.15, 0.2) is 17.3 Å². The van der Waals surface area contributed by atoms with Crippen molar-refractivity contribution in [2.45, 2.75) is 104 Å². The number of carbonyl (C=O) groups excluding carboxylic acids is 3. The molecule has 0 atom stereocenters. The Balaban J connectivity index is -0.000000633. The van der Waals surface area contributed by atoms with E-state index in [0.717, 1.165) is 16.2 Å². The summed E-state index contributed by atoms with van der Waals surface area (Å²) < 4.78 is 14.9. The molecule has 6 aromatic rings. The van der Waals surface area contributed by atoms with Crippen molar-refractivity contribution in [3.05, 3.63) is 139 Å². The van der Waals surface area contributed by atoms with Crippen LogP contribution in [0.25, 0.3) is 32.9 Å². The number of para-hydroxylation sites is 3. The Morgan fingerprint density at radius 2 is 0.537 bits per heavy atom. The number of fused-ring (bicyclic) bond motifs is 3. The quantitative estimate of drug-likeness (QED) is 0.128. The summed E-state index contributed by atoms with van der Waals surface area (Å²) in [4.78, 5) is 67.0. The monoisotopic (exact) mass is 744 g/mol. The molecule has 0 aliphatic heterocycles. The van der Waals surface area contributed by atoms with Crippen molar-refractivity contribution in [2.75, 3.05) is 0 Å². The van der Waals surface area contributed by atoms with Crippen molar-refractivity contribution >= 4 is 50.3 Å². The Kier molecular flexibility index (Phi) is 30.1. The largest absolute Gasteiger partial charge is 0.422 e. The van der Waals surface area contributed by atoms with Crippen molar-refractivity contribution in [3.63, 3.8) is 0 Å². The molecule has 0 amide bonds. The highest BCUT2D eigenvalue weighted by molar-refractivity contribution is 5.97. The molecule has 0 unspecified atom stereocenters. The zero-order valence-corrected chi connectivity index (χ0v) is 34.8. The molecule has 3 aromatic heterocycles. The first-order chi connectivity index (χ1) is 26.0. The smallest absolute Gasteiger partial charge is 0.347 e. The molecule has 0 saturated carbocycles. The molecular formula is C45H60O9. The molecule has 9 heteroatoms. The Morgan fingerprint density at radius 1 is 0.352 bits per heavy atom. The van der Waals surface area contributed by atoms with Gasteiger partial charge in [0, 0.05) is 16.2 Å². The van der Waals surface area contributed by atoms with Crippen LogP contribution < -0.4 is 16.9 Å². The van der Waals surface area contributed by atoms with Gasteiger partial charge in [-0.1, -0.05) is 138 Å². The van der Waals surface area contributed by atoms with E-state index >= 15 is 0 Å². The maximum Gasteiger partial charge on any atom is 0.347 e. The van der Waals surface area contributed by atoms with Crippen LogP contribution in [0.4, 0.5) is 0 Å². The first-order valence-electron chi connectivity index (χ1n) is 18.7. The van der Waals surface area contributed by atoms with Crippen molar-refractivity contribution in [1.29, 1.82) is 0 Å². The molecule has 54 heavy (non-hydrogen) atoms. The fourth-order valence-electron chi connectivity index (χ4n) is 3.92. The van der Waals surface area contributed by atoms with Crippen LogP contribution in [0, 0.1) is 0 Å². The molecule has 6 rings (SSSR count). The molecule has 0 radical (unpaired) electrons. The molecule has 3 aromatic carbocycles. The van der Waals surface area contributed by atoms with Crippen LogP contribution in [0.2, 0.25) is 0 Å². The SMILES string of the molecule is CC.CC.CC.CC.CC.CC.CC(=O)c1cc2ccccc2oc1=O.CC(=O)c1cc2ccccc2oc1=O.CC(=O)c1cc2ccccc2oc1=O. The summed E-state index contributed by atoms with van der Waals surface area (Å²) >= 11 is 0. The lowest BCUT2D eigenvalue weighted by atomic mass is 10.1. The minimum Gasteiger partial charge on any atom is -0.422 e. The van der Waals surface area contributed by atoms with Crippen LogP contribution in [0.15, 0.2) is 119 Å². The van der Waals surface area contributed by atoms with Crippen LogP contribution in [0.3, 0.4) is 0 Å². The van der Waals surface area contributed by atoms with Gasteiger partial charge in [-0.15, -0.1) is 0 Å². The minimum absolute atomic E-state index is 0.101. The molecule has 0 aliphatic carbocycles. The second kappa shape index (κ2) is 30.9. The molecule has 0 bridgehead atoms. The first-order valence-corrected chi connectivity index (χ1v) is 18.7. The van der Waals surface area contributed by atoms with Crippen molar-refractivity contribution in [2.24, 2.45) is 0 Å². The summed E-state index contributed by atoms with van der Waals surface area (Å²) in [7, 11) is 0. The van der Waals surface area contributed by atoms with Gasteiger partial charge in [-0.25, -0.2) is 14.4 Å². The molecular weight excluding hydrogens is 684 g/mol. The number of ketones is 3. The first kappa shape index (κ1) is 52.7. The molecule has 0 spiro atoms. The summed E-state index contributed by atoms with van der Waals surface area (Å²) in [6.07, 6.45) is 0. The van der Waals surface area contributed by atoms with Gasteiger partial charge >= 0.3 is 16.9 Å². The number of hydrogen-bond acceptors (Lipinski definition) is 9. The summed E-state index contributed by atoms with van der Waals surface area (Å²) in [5, 5.41) is 2.28. The van der Waals surface area contributed by atoms with E-state index in [1.165, 1.54) is 20.8 Å². The molecule has 294 valence electrons. The van der Waals surface area contributed by atoms with Crippen molar-refractivity contribution in [1.82, 2.24) is 0 Å². The number of benzene rings is 3. The van der Waals surface area contributed by atoms with Gasteiger partial charge in [-0.05, 0) is 57.2 Å². The van der Waals surface area contributed by atoms with Crippen molar-refractivity contribution in [3.8, 4) is 0 Å². The van der Waals surface area contributed by atoms with Gasteiger partial charge in [0.05, 0.1) is 0 Å². The van der Waals surface area contributed by atoms with Crippen LogP contribution in [-0.4, -0.2) is 17.3 Å². The van der Waals surface area contributed by atoms with E-state index in [0.29, 0.717) is 16.7 Å². The van der Waals surface area contributed by atoms with Crippen LogP contribution in [-0.2, 0) is 0 Å². The third kappa shape index (κ3) is 16.8. The lowest BCUT2D eigenvalue weighted by molar-refractivity contribution is 0.100. The Hall–Kier alpha value is -5.70. The van der Waals surface area contributed by atoms with E-state index in [2.05, 4.69) is 0 Å². The highest BCUT2D eigenvalue weighted by Gasteiger charge is 2.10. The lowest BCUT2D eigenvalue weighted by Gasteiger charge is -1.97. The van der Waals surface area contributed by atoms with E-state index in [9.17, 15) is 28.8 Å². The fourth-order valence-corrected chi connectivity index (χ4v) is 3.92. The lowest BCUT2D eigenvalue weighted by Crippen LogP contribution is -2.10. The van der Waals surface area contributed by atoms with Gasteiger partial charge in [0.2, 0.25) is 0 Å². The molecule has 0 aliphatic rings. The molecule has 3 heterocycles. The van der Waals surface area contributed by atoms with Crippen LogP contribution in [0.1, 0.15) is 135 Å². The topological polar surface area (TPSA) is 142 Å². The van der Waals surface area contributed by atoms with E-state index in [-0.39, 0.29) is 34.0 Å². The molecule has 0 N–H and O–H groups in total. The van der Waals surface area contributed by atoms with Gasteiger partial charge in [0.25, 0.3) is 0 Å². The predicted molar refractivity (Wildman–Crippen MR) is 226 cm³/mol. The summed E-state index contributed by atoms with van der Waals surface area (Å²) in [5.74, 6) is -0.821. The summed E-state index contributed by atoms with van der Waals surface area (Å²) in [5.41, 5.74) is 0.0900. The van der Waals surface area contributed by atoms with Gasteiger partial charge in [-0.3, -0.25) is 14.4 Å². The van der Waals surface area contributed by atoms with Crippen LogP contribution >= 0.6 is 0 Å². The van der Waals surface area contributed by atoms with Crippen LogP contribution in [0.5, 0.6) is 0 Å². The molecule has 0 fully saturated rings. The van der Waals surface area contributed by atoms with Gasteiger partial charge in [-0.2, -0.15) is 0 Å². The average Bonchev–Trinajstić information content (AvgIpc) is 3.22. The fraction of sp³-hybridized carbons (Fsp3) is 0.333. The normalized spacial score (nSPS) is 8.72. The van der Waals surface area contributed by atoms with Crippen molar-refractivity contribution < 1.29 is 27.6 Å². The maximum absolute atomic E-state index is 11.3. The Bertz CT molecular complexity index is 1900. The molecule has 0 saturated heterocycles. The number of rotatable bonds is 3. The number of carbonyl (C=O) groups is 3. The third-order valence-electron chi connectivity index (χ3n) is 6.06. The summed E-state index contributed by atoms with van der Waals surface area (Å²) in [6.45, 7) is 28.0. The van der Waals surface area contributed by atoms with E-state index in [1.54, 1.807) is 72.8 Å². The minimum atomic E-state index is -0.573. The highest BCUT2D eigenvalue weighted by Crippen LogP contribution is 2.14. The zero-order valence-electron chi connectivity index (χ0n) is 34.8. The van der Waals surface area contributed by atoms with E-state index < -0.39 is 16.9 Å². The predicted octanol–water partition coefficient (Wildman–Crippen LogP) is 12.1. The standard InChI is InChI=1S/3C11H8O3.6C2H6/c3*1-7(12)9-6-8-4-2-3-5-10(8)14-11(9)13;6*1-2/h3*2-6H,1H3;6*1-2H3. The summed E-state index contributed by atoms with van der Waals surface area (Å²) in [6, 6.07) is 26.0. The second-order valence-electron chi connectivity index (χ2n) is 9.12. The number of Topliss-reactive ketones (excluding diaryl/α,β-unsaturated/α-hetero) is 3. The van der Waals surface area contributed by atoms with Gasteiger partial charge in [0.1, 0.15) is 33.4 Å². The maximum atomic E-state index is 11.3. The number of hydrogen-bond donors (Lipinski definition) is 0. The Labute approximate surface area is 320 Å².